The van der Waals surface area contributed by atoms with Crippen molar-refractivity contribution >= 4 is 29.2 Å². The number of aliphatic carboxylic acids is 1. The molecule has 4 rings (SSSR count). The minimum Gasteiger partial charge on any atom is -0.480 e. The second kappa shape index (κ2) is 8.53. The van der Waals surface area contributed by atoms with Gasteiger partial charge < -0.3 is 15.3 Å². The highest BCUT2D eigenvalue weighted by atomic mass is 32.2. The first-order valence-corrected chi connectivity index (χ1v) is 10.3. The van der Waals surface area contributed by atoms with Crippen LogP contribution in [0.2, 0.25) is 0 Å². The lowest BCUT2D eigenvalue weighted by atomic mass is 10.0. The Labute approximate surface area is 174 Å². The van der Waals surface area contributed by atoms with Crippen LogP contribution in [0.3, 0.4) is 0 Å². The number of carboxylic acid groups (broad SMARTS) is 1. The first-order chi connectivity index (χ1) is 14.1. The average molecular weight is 407 g/mol. The summed E-state index contributed by atoms with van der Waals surface area (Å²) in [5, 5.41) is 12.9. The number of carbonyl (C=O) groups is 1. The Hall–Kier alpha value is -3.06. The molecular weight excluding hydrogens is 384 g/mol. The predicted octanol–water partition coefficient (Wildman–Crippen LogP) is 4.38. The van der Waals surface area contributed by atoms with Crippen LogP contribution in [0.25, 0.3) is 0 Å². The van der Waals surface area contributed by atoms with E-state index in [2.05, 4.69) is 39.6 Å². The number of aryl methyl sites for hydroxylation is 1. The number of hydrogen-bond donors (Lipinski definition) is 2. The van der Waals surface area contributed by atoms with Gasteiger partial charge in [-0.05, 0) is 37.6 Å². The maximum absolute atomic E-state index is 11.2. The van der Waals surface area contributed by atoms with Crippen LogP contribution < -0.4 is 10.2 Å². The molecule has 2 aromatic carbocycles. The molecule has 1 aliphatic heterocycles. The summed E-state index contributed by atoms with van der Waals surface area (Å²) in [4.78, 5) is 24.3. The largest absolute Gasteiger partial charge is 0.480 e. The van der Waals surface area contributed by atoms with Gasteiger partial charge in [-0.3, -0.25) is 4.79 Å². The Bertz CT molecular complexity index is 1010. The Morgan fingerprint density at radius 3 is 2.76 bits per heavy atom. The molecule has 0 aliphatic carbocycles. The van der Waals surface area contributed by atoms with E-state index in [1.54, 1.807) is 11.8 Å². The van der Waals surface area contributed by atoms with Crippen LogP contribution >= 0.6 is 11.8 Å². The Balaban J connectivity index is 1.61. The molecule has 0 radical (unpaired) electrons. The second-order valence-corrected chi connectivity index (χ2v) is 8.02. The molecule has 1 unspecified atom stereocenters. The van der Waals surface area contributed by atoms with E-state index in [-0.39, 0.29) is 12.6 Å². The molecule has 29 heavy (non-hydrogen) atoms. The van der Waals surface area contributed by atoms with E-state index in [1.165, 1.54) is 4.90 Å². The molecule has 1 atom stereocenters. The van der Waals surface area contributed by atoms with E-state index in [1.807, 2.05) is 48.4 Å². The van der Waals surface area contributed by atoms with Gasteiger partial charge in [-0.15, -0.1) is 0 Å². The molecule has 3 aromatic rings. The van der Waals surface area contributed by atoms with Crippen LogP contribution in [-0.4, -0.2) is 34.1 Å². The lowest BCUT2D eigenvalue weighted by Gasteiger charge is -2.34. The standard InChI is InChI=1S/C22H22N4O2S/c1-15-23-13-17-18(11-12-26(14-21(27)28)22(17)24-15)25-19-9-5-6-10-20(19)29-16-7-3-2-4-8-16/h2-10,13,18,25H,11-12,14H2,1H3,(H,27,28). The lowest BCUT2D eigenvalue weighted by Crippen LogP contribution is -2.38. The molecular formula is C22H22N4O2S. The first-order valence-electron chi connectivity index (χ1n) is 9.49. The molecule has 0 fully saturated rings. The van der Waals surface area contributed by atoms with Crippen molar-refractivity contribution in [2.45, 2.75) is 29.2 Å². The molecule has 0 bridgehead atoms. The fourth-order valence-electron chi connectivity index (χ4n) is 3.46. The van der Waals surface area contributed by atoms with Crippen molar-refractivity contribution in [3.8, 4) is 0 Å². The zero-order valence-corrected chi connectivity index (χ0v) is 16.9. The third-order valence-electron chi connectivity index (χ3n) is 4.79. The highest BCUT2D eigenvalue weighted by molar-refractivity contribution is 7.99. The van der Waals surface area contributed by atoms with Crippen LogP contribution in [-0.2, 0) is 4.79 Å². The Morgan fingerprint density at radius 2 is 1.97 bits per heavy atom. The number of hydrogen-bond acceptors (Lipinski definition) is 6. The third-order valence-corrected chi connectivity index (χ3v) is 5.88. The number of nitrogens with zero attached hydrogens (tertiary/aromatic N) is 3. The molecule has 0 saturated heterocycles. The van der Waals surface area contributed by atoms with E-state index < -0.39 is 5.97 Å². The van der Waals surface area contributed by atoms with Crippen molar-refractivity contribution in [1.82, 2.24) is 9.97 Å². The van der Waals surface area contributed by atoms with Gasteiger partial charge in [0.15, 0.2) is 0 Å². The van der Waals surface area contributed by atoms with E-state index in [4.69, 9.17) is 0 Å². The molecule has 2 N–H and O–H groups in total. The molecule has 1 aromatic heterocycles. The molecule has 7 heteroatoms. The number of rotatable bonds is 6. The zero-order chi connectivity index (χ0) is 20.2. The minimum atomic E-state index is -0.858. The van der Waals surface area contributed by atoms with E-state index >= 15 is 0 Å². The van der Waals surface area contributed by atoms with Gasteiger partial charge in [0.2, 0.25) is 0 Å². The Kier molecular flexibility index (Phi) is 5.67. The zero-order valence-electron chi connectivity index (χ0n) is 16.1. The van der Waals surface area contributed by atoms with Crippen LogP contribution in [0, 0.1) is 6.92 Å². The summed E-state index contributed by atoms with van der Waals surface area (Å²) < 4.78 is 0. The second-order valence-electron chi connectivity index (χ2n) is 6.91. The number of aromatic nitrogens is 2. The van der Waals surface area contributed by atoms with E-state index in [0.29, 0.717) is 18.2 Å². The van der Waals surface area contributed by atoms with Gasteiger partial charge in [-0.2, -0.15) is 0 Å². The number of benzene rings is 2. The van der Waals surface area contributed by atoms with E-state index in [9.17, 15) is 9.90 Å². The van der Waals surface area contributed by atoms with Crippen LogP contribution in [0.1, 0.15) is 23.9 Å². The summed E-state index contributed by atoms with van der Waals surface area (Å²) in [7, 11) is 0. The lowest BCUT2D eigenvalue weighted by molar-refractivity contribution is -0.135. The minimum absolute atomic E-state index is 0.0215. The van der Waals surface area contributed by atoms with Gasteiger partial charge >= 0.3 is 5.97 Å². The van der Waals surface area contributed by atoms with Gasteiger partial charge in [0.25, 0.3) is 0 Å². The molecule has 0 saturated carbocycles. The molecule has 0 spiro atoms. The maximum atomic E-state index is 11.2. The average Bonchev–Trinajstić information content (AvgIpc) is 2.71. The monoisotopic (exact) mass is 406 g/mol. The van der Waals surface area contributed by atoms with E-state index in [0.717, 1.165) is 22.6 Å². The molecule has 6 nitrogen and oxygen atoms in total. The van der Waals surface area contributed by atoms with Crippen molar-refractivity contribution in [2.75, 3.05) is 23.3 Å². The SMILES string of the molecule is Cc1ncc2c(n1)N(CC(=O)O)CCC2Nc1ccccc1Sc1ccccc1. The summed E-state index contributed by atoms with van der Waals surface area (Å²) in [6, 6.07) is 18.5. The fraction of sp³-hybridized carbons (Fsp3) is 0.227. The first kappa shape index (κ1) is 19.3. The van der Waals surface area contributed by atoms with Gasteiger partial charge in [-0.25, -0.2) is 9.97 Å². The normalized spacial score (nSPS) is 15.6. The van der Waals surface area contributed by atoms with Gasteiger partial charge in [-0.1, -0.05) is 42.1 Å². The van der Waals surface area contributed by atoms with Crippen LogP contribution in [0.5, 0.6) is 0 Å². The third kappa shape index (κ3) is 4.51. The highest BCUT2D eigenvalue weighted by Crippen LogP contribution is 2.38. The van der Waals surface area contributed by atoms with Gasteiger partial charge in [0, 0.05) is 33.8 Å². The number of anilines is 2. The summed E-state index contributed by atoms with van der Waals surface area (Å²) in [6.07, 6.45) is 2.59. The molecule has 2 heterocycles. The Morgan fingerprint density at radius 1 is 1.21 bits per heavy atom. The fourth-order valence-corrected chi connectivity index (χ4v) is 4.39. The smallest absolute Gasteiger partial charge is 0.323 e. The van der Waals surface area contributed by atoms with Gasteiger partial charge in [0.1, 0.15) is 18.2 Å². The number of fused-ring (bicyclic) bond motifs is 1. The van der Waals surface area contributed by atoms with Crippen LogP contribution in [0.15, 0.2) is 70.6 Å². The molecule has 148 valence electrons. The van der Waals surface area contributed by atoms with Crippen molar-refractivity contribution in [3.05, 3.63) is 72.2 Å². The number of carboxylic acids is 1. The summed E-state index contributed by atoms with van der Waals surface area (Å²) >= 11 is 1.71. The highest BCUT2D eigenvalue weighted by Gasteiger charge is 2.28. The van der Waals surface area contributed by atoms with Crippen molar-refractivity contribution in [2.24, 2.45) is 0 Å². The topological polar surface area (TPSA) is 78.4 Å². The van der Waals surface area contributed by atoms with Crippen molar-refractivity contribution in [1.29, 1.82) is 0 Å². The number of para-hydroxylation sites is 1. The quantitative estimate of drug-likeness (QED) is 0.629. The van der Waals surface area contributed by atoms with Crippen LogP contribution in [0.4, 0.5) is 11.5 Å². The van der Waals surface area contributed by atoms with Crippen molar-refractivity contribution in [3.63, 3.8) is 0 Å². The molecule has 1 aliphatic rings. The summed E-state index contributed by atoms with van der Waals surface area (Å²) in [5.41, 5.74) is 1.98. The molecule has 0 amide bonds. The summed E-state index contributed by atoms with van der Waals surface area (Å²) in [5.74, 6) is 0.486. The van der Waals surface area contributed by atoms with Crippen molar-refractivity contribution < 1.29 is 9.90 Å². The number of nitrogens with one attached hydrogen (secondary N) is 1. The summed E-state index contributed by atoms with van der Waals surface area (Å²) in [6.45, 7) is 2.39. The predicted molar refractivity (Wildman–Crippen MR) is 115 cm³/mol. The van der Waals surface area contributed by atoms with Gasteiger partial charge in [0.05, 0.1) is 6.04 Å². The maximum Gasteiger partial charge on any atom is 0.323 e.